The number of anilines is 1. The first kappa shape index (κ1) is 22.4. The molecule has 13 heteroatoms. The van der Waals surface area contributed by atoms with Gasteiger partial charge in [0.05, 0.1) is 32.6 Å². The van der Waals surface area contributed by atoms with Crippen molar-refractivity contribution in [3.05, 3.63) is 52.6 Å². The van der Waals surface area contributed by atoms with E-state index in [-0.39, 0.29) is 21.9 Å². The summed E-state index contributed by atoms with van der Waals surface area (Å²) in [6.45, 7) is -0.693. The van der Waals surface area contributed by atoms with Crippen molar-refractivity contribution in [2.75, 3.05) is 18.1 Å². The van der Waals surface area contributed by atoms with Crippen molar-refractivity contribution in [3.63, 3.8) is 0 Å². The SMILES string of the molecule is Nc1c(S(=O)(=O)CCO)ccc(-c2ccc3c(O)cc(S(=O)(=O)O)cc3c2)c1[N+](=O)[O-]. The smallest absolute Gasteiger partial charge is 0.301 e. The molecular weight excluding hydrogens is 452 g/mol. The zero-order valence-electron chi connectivity index (χ0n) is 15.6. The number of benzene rings is 3. The Hall–Kier alpha value is -3.26. The highest BCUT2D eigenvalue weighted by Crippen LogP contribution is 2.40. The summed E-state index contributed by atoms with van der Waals surface area (Å²) in [7, 11) is -8.69. The Morgan fingerprint density at radius 3 is 2.29 bits per heavy atom. The number of fused-ring (bicyclic) bond motifs is 1. The fourth-order valence-corrected chi connectivity index (χ4v) is 4.86. The minimum absolute atomic E-state index is 0.0518. The standard InChI is InChI=1S/C18H16N2O9S2/c19-17-16(30(25,26)6-5-21)4-3-14(18(17)20(23)24)10-1-2-13-11(7-10)8-12(9-15(13)22)31(27,28)29/h1-4,7-9,21-22H,5-6,19H2,(H,27,28,29). The monoisotopic (exact) mass is 468 g/mol. The van der Waals surface area contributed by atoms with Crippen LogP contribution in [0.3, 0.4) is 0 Å². The zero-order valence-corrected chi connectivity index (χ0v) is 17.2. The highest BCUT2D eigenvalue weighted by Gasteiger charge is 2.28. The summed E-state index contributed by atoms with van der Waals surface area (Å²) in [5, 5.41) is 31.0. The van der Waals surface area contributed by atoms with Crippen LogP contribution in [-0.2, 0) is 20.0 Å². The Balaban J connectivity index is 2.29. The predicted molar refractivity (Wildman–Crippen MR) is 111 cm³/mol. The van der Waals surface area contributed by atoms with Gasteiger partial charge in [0.25, 0.3) is 10.1 Å². The van der Waals surface area contributed by atoms with Crippen LogP contribution in [0.1, 0.15) is 0 Å². The van der Waals surface area contributed by atoms with Gasteiger partial charge in [-0.25, -0.2) is 8.42 Å². The molecule has 164 valence electrons. The summed E-state index contributed by atoms with van der Waals surface area (Å²) in [6, 6.07) is 8.30. The first-order valence-electron chi connectivity index (χ1n) is 8.52. The molecule has 0 aliphatic rings. The predicted octanol–water partition coefficient (Wildman–Crippen LogP) is 1.72. The summed E-state index contributed by atoms with van der Waals surface area (Å²) >= 11 is 0. The van der Waals surface area contributed by atoms with Crippen molar-refractivity contribution >= 4 is 42.1 Å². The molecule has 0 fully saturated rings. The van der Waals surface area contributed by atoms with E-state index >= 15 is 0 Å². The van der Waals surface area contributed by atoms with Crippen LogP contribution in [0.5, 0.6) is 5.75 Å². The molecule has 31 heavy (non-hydrogen) atoms. The zero-order chi connectivity index (χ0) is 23.1. The third-order valence-electron chi connectivity index (χ3n) is 4.57. The van der Waals surface area contributed by atoms with Crippen LogP contribution in [0.2, 0.25) is 0 Å². The lowest BCUT2D eigenvalue weighted by Gasteiger charge is -2.12. The molecule has 0 atom stereocenters. The lowest BCUT2D eigenvalue weighted by molar-refractivity contribution is -0.383. The molecule has 0 aliphatic heterocycles. The summed E-state index contributed by atoms with van der Waals surface area (Å²) in [5.41, 5.74) is 4.64. The van der Waals surface area contributed by atoms with Gasteiger partial charge < -0.3 is 15.9 Å². The first-order chi connectivity index (χ1) is 14.4. The van der Waals surface area contributed by atoms with E-state index in [1.54, 1.807) is 0 Å². The molecule has 0 aromatic heterocycles. The van der Waals surface area contributed by atoms with Crippen LogP contribution in [0.25, 0.3) is 21.9 Å². The van der Waals surface area contributed by atoms with Crippen molar-refractivity contribution in [1.29, 1.82) is 0 Å². The highest BCUT2D eigenvalue weighted by atomic mass is 32.2. The lowest BCUT2D eigenvalue weighted by Crippen LogP contribution is -2.13. The van der Waals surface area contributed by atoms with Crippen molar-refractivity contribution < 1.29 is 36.5 Å². The number of nitrogens with zero attached hydrogens (tertiary/aromatic N) is 1. The molecular formula is C18H16N2O9S2. The Bertz CT molecular complexity index is 1430. The number of nitro benzene ring substituents is 1. The molecule has 0 saturated heterocycles. The van der Waals surface area contributed by atoms with Crippen molar-refractivity contribution in [1.82, 2.24) is 0 Å². The van der Waals surface area contributed by atoms with E-state index in [4.69, 9.17) is 10.8 Å². The molecule has 3 aromatic rings. The third kappa shape index (κ3) is 4.16. The quantitative estimate of drug-likeness (QED) is 0.179. The molecule has 0 saturated carbocycles. The first-order valence-corrected chi connectivity index (χ1v) is 11.6. The largest absolute Gasteiger partial charge is 0.507 e. The molecule has 0 heterocycles. The van der Waals surface area contributed by atoms with Gasteiger partial charge >= 0.3 is 5.69 Å². The molecule has 0 spiro atoms. The summed E-state index contributed by atoms with van der Waals surface area (Å²) < 4.78 is 56.6. The number of nitrogen functional groups attached to an aromatic ring is 1. The van der Waals surface area contributed by atoms with E-state index in [1.165, 1.54) is 24.3 Å². The van der Waals surface area contributed by atoms with Gasteiger partial charge in [0.2, 0.25) is 0 Å². The molecule has 0 amide bonds. The van der Waals surface area contributed by atoms with E-state index < -0.39 is 64.2 Å². The summed E-state index contributed by atoms with van der Waals surface area (Å²) in [6.07, 6.45) is 0. The minimum Gasteiger partial charge on any atom is -0.507 e. The van der Waals surface area contributed by atoms with Crippen LogP contribution in [0.4, 0.5) is 11.4 Å². The maximum atomic E-state index is 12.2. The summed E-state index contributed by atoms with van der Waals surface area (Å²) in [5.74, 6) is -1.10. The average molecular weight is 468 g/mol. The van der Waals surface area contributed by atoms with Crippen molar-refractivity contribution in [2.45, 2.75) is 9.79 Å². The number of phenols is 1. The molecule has 0 bridgehead atoms. The molecule has 3 rings (SSSR count). The second-order valence-corrected chi connectivity index (χ2v) is 10.0. The number of hydrogen-bond donors (Lipinski definition) is 4. The number of hydrogen-bond acceptors (Lipinski definition) is 9. The topological polar surface area (TPSA) is 198 Å². The van der Waals surface area contributed by atoms with E-state index in [1.807, 2.05) is 0 Å². The number of nitro groups is 1. The molecule has 0 aliphatic carbocycles. The van der Waals surface area contributed by atoms with Crippen molar-refractivity contribution in [3.8, 4) is 16.9 Å². The van der Waals surface area contributed by atoms with Crippen LogP contribution in [0, 0.1) is 10.1 Å². The number of sulfone groups is 1. The molecule has 5 N–H and O–H groups in total. The van der Waals surface area contributed by atoms with Gasteiger partial charge in [0, 0.05) is 11.5 Å². The minimum atomic E-state index is -4.63. The van der Waals surface area contributed by atoms with Gasteiger partial charge in [0.1, 0.15) is 11.4 Å². The van der Waals surface area contributed by atoms with Gasteiger partial charge in [0.15, 0.2) is 9.84 Å². The number of aliphatic hydroxyl groups is 1. The highest BCUT2D eigenvalue weighted by molar-refractivity contribution is 7.91. The van der Waals surface area contributed by atoms with Crippen LogP contribution in [-0.4, -0.2) is 48.9 Å². The maximum absolute atomic E-state index is 12.2. The Morgan fingerprint density at radius 1 is 1.03 bits per heavy atom. The van der Waals surface area contributed by atoms with E-state index in [0.717, 1.165) is 18.2 Å². The van der Waals surface area contributed by atoms with Crippen LogP contribution in [0.15, 0.2) is 52.3 Å². The Morgan fingerprint density at radius 2 is 1.71 bits per heavy atom. The Labute approximate surface area is 176 Å². The number of rotatable bonds is 6. The van der Waals surface area contributed by atoms with Gasteiger partial charge in [-0.05, 0) is 35.2 Å². The number of phenolic OH excluding ortho intramolecular Hbond substituents is 1. The van der Waals surface area contributed by atoms with Gasteiger partial charge in [-0.2, -0.15) is 8.42 Å². The lowest BCUT2D eigenvalue weighted by atomic mass is 9.99. The normalized spacial score (nSPS) is 12.2. The second-order valence-electron chi connectivity index (χ2n) is 6.53. The maximum Gasteiger partial charge on any atom is 0.301 e. The second kappa shape index (κ2) is 7.77. The molecule has 3 aromatic carbocycles. The molecule has 0 unspecified atom stereocenters. The fraction of sp³-hybridized carbons (Fsp3) is 0.111. The van der Waals surface area contributed by atoms with Gasteiger partial charge in [-0.15, -0.1) is 0 Å². The average Bonchev–Trinajstić information content (AvgIpc) is 2.65. The van der Waals surface area contributed by atoms with E-state index in [0.29, 0.717) is 0 Å². The van der Waals surface area contributed by atoms with Crippen molar-refractivity contribution in [2.24, 2.45) is 0 Å². The fourth-order valence-electron chi connectivity index (χ4n) is 3.16. The number of aromatic hydroxyl groups is 1. The Kier molecular flexibility index (Phi) is 5.62. The molecule has 11 nitrogen and oxygen atoms in total. The van der Waals surface area contributed by atoms with Crippen LogP contribution < -0.4 is 5.73 Å². The van der Waals surface area contributed by atoms with E-state index in [2.05, 4.69) is 0 Å². The summed E-state index contributed by atoms with van der Waals surface area (Å²) in [4.78, 5) is 9.77. The van der Waals surface area contributed by atoms with E-state index in [9.17, 15) is 36.6 Å². The van der Waals surface area contributed by atoms with Gasteiger partial charge in [-0.1, -0.05) is 12.1 Å². The number of aliphatic hydroxyl groups excluding tert-OH is 1. The number of nitrogens with two attached hydrogens (primary N) is 1. The van der Waals surface area contributed by atoms with Gasteiger partial charge in [-0.3, -0.25) is 14.7 Å². The van der Waals surface area contributed by atoms with Crippen LogP contribution >= 0.6 is 0 Å². The third-order valence-corrected chi connectivity index (χ3v) is 7.15. The molecule has 0 radical (unpaired) electrons.